The van der Waals surface area contributed by atoms with Crippen LogP contribution in [-0.2, 0) is 11.3 Å². The normalized spacial score (nSPS) is 14.1. The van der Waals surface area contributed by atoms with E-state index >= 15 is 0 Å². The van der Waals surface area contributed by atoms with Gasteiger partial charge in [0.25, 0.3) is 0 Å². The molecular weight excluding hydrogens is 219 g/mol. The van der Waals surface area contributed by atoms with Crippen molar-refractivity contribution in [3.63, 3.8) is 0 Å². The van der Waals surface area contributed by atoms with E-state index in [2.05, 4.69) is 10.6 Å². The molecule has 0 unspecified atom stereocenters. The van der Waals surface area contributed by atoms with Crippen molar-refractivity contribution in [3.8, 4) is 0 Å². The third kappa shape index (κ3) is 2.91. The lowest BCUT2D eigenvalue weighted by Gasteiger charge is -2.21. The molecule has 0 aromatic heterocycles. The molecule has 0 spiro atoms. The maximum atomic E-state index is 12.7. The van der Waals surface area contributed by atoms with E-state index in [1.165, 1.54) is 12.1 Å². The predicted molar refractivity (Wildman–Crippen MR) is 63.8 cm³/mol. The summed E-state index contributed by atoms with van der Waals surface area (Å²) in [5, 5.41) is 5.92. The molecule has 2 rings (SSSR count). The van der Waals surface area contributed by atoms with E-state index in [0.717, 1.165) is 29.8 Å². The number of carbonyl (C=O) groups excluding carboxylic acids is 1. The summed E-state index contributed by atoms with van der Waals surface area (Å²) in [6.07, 6.45) is 0. The van der Waals surface area contributed by atoms with Crippen molar-refractivity contribution in [2.45, 2.75) is 13.5 Å². The van der Waals surface area contributed by atoms with Crippen LogP contribution in [0.25, 0.3) is 0 Å². The van der Waals surface area contributed by atoms with Crippen molar-refractivity contribution >= 4 is 5.91 Å². The Balaban J connectivity index is 1.90. The van der Waals surface area contributed by atoms with Gasteiger partial charge in [-0.25, -0.2) is 4.39 Å². The number of rotatable bonds is 3. The Morgan fingerprint density at radius 2 is 2.00 bits per heavy atom. The van der Waals surface area contributed by atoms with Gasteiger partial charge >= 0.3 is 0 Å². The van der Waals surface area contributed by atoms with E-state index in [-0.39, 0.29) is 11.7 Å². The molecule has 1 aliphatic rings. The highest BCUT2D eigenvalue weighted by atomic mass is 19.1. The Morgan fingerprint density at radius 3 is 2.53 bits per heavy atom. The van der Waals surface area contributed by atoms with E-state index in [9.17, 15) is 9.18 Å². The first-order valence-corrected chi connectivity index (χ1v) is 5.59. The van der Waals surface area contributed by atoms with Gasteiger partial charge in [-0.1, -0.05) is 12.1 Å². The Hall–Kier alpha value is -1.68. The third-order valence-corrected chi connectivity index (χ3v) is 2.91. The van der Waals surface area contributed by atoms with E-state index in [0.29, 0.717) is 6.54 Å². The molecule has 0 atom stereocenters. The summed E-state index contributed by atoms with van der Waals surface area (Å²) in [7, 11) is 0. The Morgan fingerprint density at radius 1 is 1.35 bits per heavy atom. The van der Waals surface area contributed by atoms with Crippen LogP contribution < -0.4 is 10.6 Å². The first kappa shape index (κ1) is 11.8. The van der Waals surface area contributed by atoms with Crippen LogP contribution in [0.15, 0.2) is 35.4 Å². The Labute approximate surface area is 99.7 Å². The summed E-state index contributed by atoms with van der Waals surface area (Å²) in [5.74, 6) is -0.315. The van der Waals surface area contributed by atoms with Gasteiger partial charge in [0, 0.05) is 25.2 Å². The second-order valence-corrected chi connectivity index (χ2v) is 4.14. The maximum absolute atomic E-state index is 12.7. The summed E-state index contributed by atoms with van der Waals surface area (Å²) < 4.78 is 12.7. The maximum Gasteiger partial charge on any atom is 0.247 e. The van der Waals surface area contributed by atoms with Gasteiger partial charge < -0.3 is 10.6 Å². The minimum atomic E-state index is -0.265. The molecule has 0 radical (unpaired) electrons. The molecule has 0 aliphatic carbocycles. The monoisotopic (exact) mass is 234 g/mol. The molecule has 1 saturated heterocycles. The zero-order valence-corrected chi connectivity index (χ0v) is 9.72. The lowest BCUT2D eigenvalue weighted by molar-refractivity contribution is -0.117. The molecule has 0 saturated carbocycles. The first-order valence-electron chi connectivity index (χ1n) is 5.59. The average Bonchev–Trinajstić information content (AvgIpc) is 2.25. The summed E-state index contributed by atoms with van der Waals surface area (Å²) in [6.45, 7) is 3.86. The minimum Gasteiger partial charge on any atom is -0.348 e. The highest BCUT2D eigenvalue weighted by molar-refractivity contribution is 5.93. The minimum absolute atomic E-state index is 0.0502. The van der Waals surface area contributed by atoms with Crippen molar-refractivity contribution in [3.05, 3.63) is 46.8 Å². The zero-order chi connectivity index (χ0) is 12.3. The Bertz CT molecular complexity index is 445. The van der Waals surface area contributed by atoms with Crippen molar-refractivity contribution in [2.75, 3.05) is 13.1 Å². The van der Waals surface area contributed by atoms with Gasteiger partial charge in [0.2, 0.25) is 5.91 Å². The Kier molecular flexibility index (Phi) is 3.54. The van der Waals surface area contributed by atoms with Gasteiger partial charge in [-0.3, -0.25) is 4.79 Å². The molecular formula is C13H15FN2O. The van der Waals surface area contributed by atoms with Crippen LogP contribution in [0.3, 0.4) is 0 Å². The highest BCUT2D eigenvalue weighted by Crippen LogP contribution is 2.09. The predicted octanol–water partition coefficient (Wildman–Crippen LogP) is 1.36. The van der Waals surface area contributed by atoms with Gasteiger partial charge in [-0.15, -0.1) is 0 Å². The largest absolute Gasteiger partial charge is 0.348 e. The average molecular weight is 234 g/mol. The molecule has 3 nitrogen and oxygen atoms in total. The summed E-state index contributed by atoms with van der Waals surface area (Å²) in [4.78, 5) is 11.7. The first-order chi connectivity index (χ1) is 8.16. The molecule has 90 valence electrons. The molecule has 17 heavy (non-hydrogen) atoms. The fraction of sp³-hybridized carbons (Fsp3) is 0.308. The van der Waals surface area contributed by atoms with E-state index in [1.807, 2.05) is 6.92 Å². The van der Waals surface area contributed by atoms with E-state index in [1.54, 1.807) is 12.1 Å². The second-order valence-electron chi connectivity index (χ2n) is 4.14. The lowest BCUT2D eigenvalue weighted by atomic mass is 10.0. The summed E-state index contributed by atoms with van der Waals surface area (Å²) >= 11 is 0. The molecule has 1 aliphatic heterocycles. The zero-order valence-electron chi connectivity index (χ0n) is 9.72. The quantitative estimate of drug-likeness (QED) is 0.775. The van der Waals surface area contributed by atoms with Crippen molar-refractivity contribution < 1.29 is 9.18 Å². The van der Waals surface area contributed by atoms with E-state index < -0.39 is 0 Å². The summed E-state index contributed by atoms with van der Waals surface area (Å²) in [5.41, 5.74) is 2.83. The fourth-order valence-corrected chi connectivity index (χ4v) is 1.59. The molecule has 4 heteroatoms. The van der Waals surface area contributed by atoms with Crippen molar-refractivity contribution in [1.82, 2.24) is 10.6 Å². The molecule has 1 aromatic carbocycles. The van der Waals surface area contributed by atoms with Gasteiger partial charge in [-0.2, -0.15) is 0 Å². The summed E-state index contributed by atoms with van der Waals surface area (Å²) in [6, 6.07) is 6.12. The molecule has 1 heterocycles. The second kappa shape index (κ2) is 5.10. The number of carbonyl (C=O) groups is 1. The molecule has 1 fully saturated rings. The molecule has 1 amide bonds. The molecule has 1 aromatic rings. The number of benzene rings is 1. The SMILES string of the molecule is CC(C(=O)NCc1ccc(F)cc1)=C1CNC1. The fourth-order valence-electron chi connectivity index (χ4n) is 1.59. The van der Waals surface area contributed by atoms with Crippen LogP contribution in [-0.4, -0.2) is 19.0 Å². The van der Waals surface area contributed by atoms with Gasteiger partial charge in [0.1, 0.15) is 5.82 Å². The number of hydrogen-bond acceptors (Lipinski definition) is 2. The standard InChI is InChI=1S/C13H15FN2O/c1-9(11-7-15-8-11)13(17)16-6-10-2-4-12(14)5-3-10/h2-5,15H,6-8H2,1H3,(H,16,17). The number of nitrogens with one attached hydrogen (secondary N) is 2. The van der Waals surface area contributed by atoms with Crippen LogP contribution in [0.4, 0.5) is 4.39 Å². The van der Waals surface area contributed by atoms with Crippen LogP contribution in [0.1, 0.15) is 12.5 Å². The van der Waals surface area contributed by atoms with Gasteiger partial charge in [0.05, 0.1) is 0 Å². The van der Waals surface area contributed by atoms with Crippen LogP contribution in [0.5, 0.6) is 0 Å². The van der Waals surface area contributed by atoms with E-state index in [4.69, 9.17) is 0 Å². The number of halogens is 1. The molecule has 2 N–H and O–H groups in total. The smallest absolute Gasteiger partial charge is 0.247 e. The molecule has 0 bridgehead atoms. The van der Waals surface area contributed by atoms with Crippen LogP contribution in [0.2, 0.25) is 0 Å². The van der Waals surface area contributed by atoms with Gasteiger partial charge in [-0.05, 0) is 30.2 Å². The van der Waals surface area contributed by atoms with Crippen LogP contribution in [0, 0.1) is 5.82 Å². The van der Waals surface area contributed by atoms with Crippen molar-refractivity contribution in [1.29, 1.82) is 0 Å². The topological polar surface area (TPSA) is 41.1 Å². The third-order valence-electron chi connectivity index (χ3n) is 2.91. The highest BCUT2D eigenvalue weighted by Gasteiger charge is 2.15. The van der Waals surface area contributed by atoms with Crippen molar-refractivity contribution in [2.24, 2.45) is 0 Å². The van der Waals surface area contributed by atoms with Gasteiger partial charge in [0.15, 0.2) is 0 Å². The number of hydrogen-bond donors (Lipinski definition) is 2. The van der Waals surface area contributed by atoms with Crippen LogP contribution >= 0.6 is 0 Å². The number of amides is 1. The lowest BCUT2D eigenvalue weighted by Crippen LogP contribution is -2.37.